The first kappa shape index (κ1) is 43.3. The van der Waals surface area contributed by atoms with Gasteiger partial charge in [-0.25, -0.2) is 0 Å². The number of fused-ring (bicyclic) bond motifs is 7. The fraction of sp³-hybridized carbons (Fsp3) is 0.952. The molecule has 10 N–H and O–H groups in total. The van der Waals surface area contributed by atoms with Gasteiger partial charge in [0.05, 0.1) is 38.6 Å². The van der Waals surface area contributed by atoms with Crippen molar-refractivity contribution in [2.45, 2.75) is 173 Å². The van der Waals surface area contributed by atoms with Crippen molar-refractivity contribution in [3.63, 3.8) is 0 Å². The Labute approximate surface area is 330 Å². The molecule has 7 rings (SSSR count). The van der Waals surface area contributed by atoms with Crippen LogP contribution in [0.3, 0.4) is 0 Å². The minimum absolute atomic E-state index is 0.000215. The maximum absolute atomic E-state index is 12.6. The van der Waals surface area contributed by atoms with Crippen LogP contribution in [0.5, 0.6) is 0 Å². The molecule has 2 heterocycles. The summed E-state index contributed by atoms with van der Waals surface area (Å²) in [6.07, 6.45) is -5.99. The first-order valence-electron chi connectivity index (χ1n) is 21.1. The molecule has 56 heavy (non-hydrogen) atoms. The molecule has 0 radical (unpaired) electrons. The zero-order chi connectivity index (χ0) is 41.0. The Hall–Kier alpha value is -0.820. The van der Waals surface area contributed by atoms with Crippen molar-refractivity contribution in [3.05, 3.63) is 11.6 Å². The second-order valence-corrected chi connectivity index (χ2v) is 20.7. The second kappa shape index (κ2) is 15.0. The van der Waals surface area contributed by atoms with E-state index in [9.17, 15) is 51.1 Å². The summed E-state index contributed by atoms with van der Waals surface area (Å²) in [5, 5.41) is 107. The minimum atomic E-state index is -1.56. The topological polar surface area (TPSA) is 239 Å². The summed E-state index contributed by atoms with van der Waals surface area (Å²) >= 11 is 0. The van der Waals surface area contributed by atoms with Crippen molar-refractivity contribution >= 4 is 0 Å². The number of aliphatic hydroxyl groups excluding tert-OH is 10. The fourth-order valence-corrected chi connectivity index (χ4v) is 13.7. The molecule has 2 aliphatic heterocycles. The zero-order valence-electron chi connectivity index (χ0n) is 34.0. The predicted octanol–water partition coefficient (Wildman–Crippen LogP) is 0.733. The van der Waals surface area contributed by atoms with Gasteiger partial charge in [0.2, 0.25) is 0 Å². The SMILES string of the molecule is CC1(C)CCC2(COC3OC(CO)C(O)C(O)C3O)C(O)CC3(C)C(=CCC4C5(C)CCC(OC6OC(CO)C(O)C(O)C6O)C(C)(CO)C5CCC43C)C2C1. The number of ether oxygens (including phenoxy) is 4. The number of rotatable bonds is 8. The lowest BCUT2D eigenvalue weighted by Gasteiger charge is -2.72. The highest BCUT2D eigenvalue weighted by Crippen LogP contribution is 2.76. The molecule has 6 fully saturated rings. The van der Waals surface area contributed by atoms with Gasteiger partial charge in [0.15, 0.2) is 12.6 Å². The van der Waals surface area contributed by atoms with Crippen LogP contribution in [-0.2, 0) is 18.9 Å². The standard InChI is InChI=1S/C42H70O14/c1-37(2)13-14-42(20-53-35-33(51)31(49)29(47)23(17-43)54-35)22(15-37)21-7-8-26-38(3)11-10-28(56-36-34(52)32(50)30(48)24(18-44)55-36)39(4,19-45)25(38)9-12-40(26,5)41(21,6)16-27(42)46/h7,22-36,43-52H,8-20H2,1-6H3. The molecule has 0 amide bonds. The molecule has 322 valence electrons. The van der Waals surface area contributed by atoms with Gasteiger partial charge in [0.1, 0.15) is 48.8 Å². The van der Waals surface area contributed by atoms with Crippen molar-refractivity contribution in [3.8, 4) is 0 Å². The maximum Gasteiger partial charge on any atom is 0.186 e. The molecule has 0 spiro atoms. The number of aliphatic hydroxyl groups is 10. The molecule has 5 aliphatic carbocycles. The molecule has 14 heteroatoms. The normalized spacial score (nSPS) is 55.6. The van der Waals surface area contributed by atoms with Gasteiger partial charge < -0.3 is 70.0 Å². The van der Waals surface area contributed by atoms with E-state index < -0.39 is 97.7 Å². The summed E-state index contributed by atoms with van der Waals surface area (Å²) < 4.78 is 24.2. The Kier molecular flexibility index (Phi) is 11.6. The van der Waals surface area contributed by atoms with Crippen LogP contribution in [0.25, 0.3) is 0 Å². The van der Waals surface area contributed by atoms with Crippen LogP contribution in [0.1, 0.15) is 99.3 Å². The van der Waals surface area contributed by atoms with Crippen LogP contribution in [0.15, 0.2) is 11.6 Å². The van der Waals surface area contributed by atoms with E-state index >= 15 is 0 Å². The molecular weight excluding hydrogens is 728 g/mol. The van der Waals surface area contributed by atoms with Crippen LogP contribution < -0.4 is 0 Å². The van der Waals surface area contributed by atoms with E-state index in [0.717, 1.165) is 38.5 Å². The highest BCUT2D eigenvalue weighted by molar-refractivity contribution is 5.35. The molecule has 2 saturated heterocycles. The van der Waals surface area contributed by atoms with E-state index in [1.165, 1.54) is 5.57 Å². The van der Waals surface area contributed by atoms with E-state index in [4.69, 9.17) is 18.9 Å². The summed E-state index contributed by atoms with van der Waals surface area (Å²) in [7, 11) is 0. The van der Waals surface area contributed by atoms with Gasteiger partial charge in [-0.1, -0.05) is 53.2 Å². The van der Waals surface area contributed by atoms with Crippen molar-refractivity contribution in [2.75, 3.05) is 26.4 Å². The molecule has 7 aliphatic rings. The highest BCUT2D eigenvalue weighted by atomic mass is 16.7. The highest BCUT2D eigenvalue weighted by Gasteiger charge is 2.71. The third-order valence-electron chi connectivity index (χ3n) is 17.5. The molecule has 0 bridgehead atoms. The summed E-state index contributed by atoms with van der Waals surface area (Å²) in [6, 6.07) is 0. The summed E-state index contributed by atoms with van der Waals surface area (Å²) in [5.74, 6) is 0.218. The van der Waals surface area contributed by atoms with Gasteiger partial charge >= 0.3 is 0 Å². The lowest BCUT2D eigenvalue weighted by Crippen LogP contribution is -2.68. The Morgan fingerprint density at radius 2 is 1.29 bits per heavy atom. The van der Waals surface area contributed by atoms with Crippen molar-refractivity contribution in [1.82, 2.24) is 0 Å². The number of hydrogen-bond donors (Lipinski definition) is 10. The van der Waals surface area contributed by atoms with Crippen LogP contribution >= 0.6 is 0 Å². The second-order valence-electron chi connectivity index (χ2n) is 20.7. The van der Waals surface area contributed by atoms with Crippen LogP contribution in [-0.4, -0.2) is 151 Å². The van der Waals surface area contributed by atoms with Gasteiger partial charge in [-0.05, 0) is 97.2 Å². The Bertz CT molecular complexity index is 1460. The number of hydrogen-bond acceptors (Lipinski definition) is 14. The minimum Gasteiger partial charge on any atom is -0.396 e. The van der Waals surface area contributed by atoms with E-state index in [1.807, 2.05) is 6.92 Å². The Morgan fingerprint density at radius 3 is 1.89 bits per heavy atom. The lowest BCUT2D eigenvalue weighted by atomic mass is 9.33. The molecule has 20 unspecified atom stereocenters. The monoisotopic (exact) mass is 798 g/mol. The third-order valence-corrected chi connectivity index (χ3v) is 17.5. The van der Waals surface area contributed by atoms with Gasteiger partial charge in [0, 0.05) is 10.8 Å². The average Bonchev–Trinajstić information content (AvgIpc) is 3.15. The summed E-state index contributed by atoms with van der Waals surface area (Å²) in [5.41, 5.74) is -0.863. The van der Waals surface area contributed by atoms with E-state index in [-0.39, 0.29) is 52.6 Å². The quantitative estimate of drug-likeness (QED) is 0.120. The molecule has 0 aromatic carbocycles. The zero-order valence-corrected chi connectivity index (χ0v) is 34.0. The first-order chi connectivity index (χ1) is 26.2. The summed E-state index contributed by atoms with van der Waals surface area (Å²) in [4.78, 5) is 0. The van der Waals surface area contributed by atoms with Gasteiger partial charge in [-0.15, -0.1) is 0 Å². The van der Waals surface area contributed by atoms with Crippen LogP contribution in [0, 0.1) is 50.2 Å². The van der Waals surface area contributed by atoms with Crippen LogP contribution in [0.2, 0.25) is 0 Å². The van der Waals surface area contributed by atoms with Crippen LogP contribution in [0.4, 0.5) is 0 Å². The first-order valence-corrected chi connectivity index (χ1v) is 21.1. The third kappa shape index (κ3) is 6.34. The molecule has 0 aromatic heterocycles. The largest absolute Gasteiger partial charge is 0.396 e. The summed E-state index contributed by atoms with van der Waals surface area (Å²) in [6.45, 7) is 12.5. The molecule has 0 aromatic rings. The van der Waals surface area contributed by atoms with E-state index in [1.54, 1.807) is 0 Å². The van der Waals surface area contributed by atoms with Crippen molar-refractivity contribution in [2.24, 2.45) is 50.2 Å². The van der Waals surface area contributed by atoms with Crippen molar-refractivity contribution in [1.29, 1.82) is 0 Å². The van der Waals surface area contributed by atoms with Gasteiger partial charge in [-0.3, -0.25) is 0 Å². The van der Waals surface area contributed by atoms with E-state index in [0.29, 0.717) is 19.3 Å². The fourth-order valence-electron chi connectivity index (χ4n) is 13.7. The number of allylic oxidation sites excluding steroid dienone is 2. The Balaban J connectivity index is 1.17. The lowest BCUT2D eigenvalue weighted by molar-refractivity contribution is -0.333. The molecule has 4 saturated carbocycles. The average molecular weight is 799 g/mol. The maximum atomic E-state index is 12.6. The Morgan fingerprint density at radius 1 is 0.679 bits per heavy atom. The van der Waals surface area contributed by atoms with E-state index in [2.05, 4.69) is 40.7 Å². The molecule has 14 nitrogen and oxygen atoms in total. The van der Waals surface area contributed by atoms with Gasteiger partial charge in [0.25, 0.3) is 0 Å². The predicted molar refractivity (Wildman–Crippen MR) is 200 cm³/mol. The molecular formula is C42H70O14. The molecule has 20 atom stereocenters. The smallest absolute Gasteiger partial charge is 0.186 e. The van der Waals surface area contributed by atoms with Crippen molar-refractivity contribution < 1.29 is 70.0 Å². The van der Waals surface area contributed by atoms with Gasteiger partial charge in [-0.2, -0.15) is 0 Å².